The number of piperidine rings is 1. The number of amides is 1. The first-order chi connectivity index (χ1) is 15.3. The molecule has 10 heteroatoms. The average molecular weight is 446 g/mol. The molecule has 0 unspecified atom stereocenters. The molecule has 1 aliphatic rings. The number of hydrogen-bond donors (Lipinski definition) is 0. The zero-order valence-electron chi connectivity index (χ0n) is 16.7. The molecule has 0 radical (unpaired) electrons. The highest BCUT2D eigenvalue weighted by Crippen LogP contribution is 2.30. The number of likely N-dealkylation sites (tertiary alicyclic amines) is 1. The Morgan fingerprint density at radius 1 is 1.09 bits per heavy atom. The zero-order chi connectivity index (χ0) is 22.7. The molecule has 1 aliphatic heterocycles. The number of halogens is 4. The number of rotatable bonds is 4. The van der Waals surface area contributed by atoms with Crippen LogP contribution < -0.4 is 4.74 Å². The summed E-state index contributed by atoms with van der Waals surface area (Å²) in [5.74, 6) is -0.622. The summed E-state index contributed by atoms with van der Waals surface area (Å²) in [6.07, 6.45) is 0.0455. The fourth-order valence-corrected chi connectivity index (χ4v) is 3.50. The molecule has 1 atom stereocenters. The number of hydrogen-bond acceptors (Lipinski definition) is 5. The first kappa shape index (κ1) is 21.7. The first-order valence-electron chi connectivity index (χ1n) is 9.87. The third-order valence-corrected chi connectivity index (χ3v) is 5.04. The van der Waals surface area contributed by atoms with Crippen LogP contribution in [0, 0.1) is 5.82 Å². The average Bonchev–Trinajstić information content (AvgIpc) is 2.79. The predicted molar refractivity (Wildman–Crippen MR) is 106 cm³/mol. The van der Waals surface area contributed by atoms with Crippen LogP contribution in [-0.4, -0.2) is 45.0 Å². The molecule has 3 aromatic rings. The van der Waals surface area contributed by atoms with E-state index in [-0.39, 0.29) is 18.0 Å². The molecule has 0 aliphatic carbocycles. The number of alkyl halides is 3. The highest BCUT2D eigenvalue weighted by molar-refractivity contribution is 6.00. The van der Waals surface area contributed by atoms with Crippen molar-refractivity contribution in [3.05, 3.63) is 71.9 Å². The van der Waals surface area contributed by atoms with E-state index in [0.717, 1.165) is 18.2 Å². The smallest absolute Gasteiger partial charge is 0.417 e. The van der Waals surface area contributed by atoms with Gasteiger partial charge in [-0.15, -0.1) is 0 Å². The van der Waals surface area contributed by atoms with Crippen LogP contribution in [0.4, 0.5) is 17.6 Å². The Bertz CT molecular complexity index is 1090. The summed E-state index contributed by atoms with van der Waals surface area (Å²) in [5.41, 5.74) is -0.332. The van der Waals surface area contributed by atoms with Crippen molar-refractivity contribution in [3.8, 4) is 17.3 Å². The standard InChI is InChI=1S/C22H18F4N4O2/c23-15-5-6-17(20-27-8-2-9-28-20)18(11-15)21(31)30-10-1-3-16(13-30)32-19-7-4-14(12-29-19)22(24,25)26/h2,4-9,11-12,16H,1,3,10,13H2/t16-/m1/s1. The minimum Gasteiger partial charge on any atom is -0.472 e. The summed E-state index contributed by atoms with van der Waals surface area (Å²) in [5, 5.41) is 0. The van der Waals surface area contributed by atoms with Crippen LogP contribution in [0.15, 0.2) is 55.0 Å². The second-order valence-corrected chi connectivity index (χ2v) is 7.28. The highest BCUT2D eigenvalue weighted by atomic mass is 19.4. The van der Waals surface area contributed by atoms with Gasteiger partial charge in [-0.1, -0.05) is 0 Å². The van der Waals surface area contributed by atoms with Crippen LogP contribution in [0.25, 0.3) is 11.4 Å². The molecule has 1 saturated heterocycles. The van der Waals surface area contributed by atoms with E-state index in [1.54, 1.807) is 6.07 Å². The van der Waals surface area contributed by atoms with E-state index >= 15 is 0 Å². The van der Waals surface area contributed by atoms with E-state index in [4.69, 9.17) is 4.74 Å². The molecule has 1 fully saturated rings. The van der Waals surface area contributed by atoms with Crippen molar-refractivity contribution in [2.24, 2.45) is 0 Å². The Morgan fingerprint density at radius 3 is 2.56 bits per heavy atom. The van der Waals surface area contributed by atoms with Gasteiger partial charge in [0.15, 0.2) is 5.82 Å². The second kappa shape index (κ2) is 8.89. The Hall–Kier alpha value is -3.56. The van der Waals surface area contributed by atoms with Gasteiger partial charge in [0, 0.05) is 36.8 Å². The van der Waals surface area contributed by atoms with Crippen LogP contribution in [0.1, 0.15) is 28.8 Å². The van der Waals surface area contributed by atoms with E-state index in [0.29, 0.717) is 37.0 Å². The van der Waals surface area contributed by atoms with Crippen LogP contribution in [0.5, 0.6) is 5.88 Å². The zero-order valence-corrected chi connectivity index (χ0v) is 16.7. The van der Waals surface area contributed by atoms with Crippen LogP contribution in [-0.2, 0) is 6.18 Å². The number of aromatic nitrogens is 3. The quantitative estimate of drug-likeness (QED) is 0.557. The van der Waals surface area contributed by atoms with Gasteiger partial charge in [-0.3, -0.25) is 4.79 Å². The molecule has 0 spiro atoms. The van der Waals surface area contributed by atoms with Crippen molar-refractivity contribution < 1.29 is 27.1 Å². The summed E-state index contributed by atoms with van der Waals surface area (Å²) in [6, 6.07) is 7.53. The molecule has 0 N–H and O–H groups in total. The van der Waals surface area contributed by atoms with E-state index in [2.05, 4.69) is 15.0 Å². The van der Waals surface area contributed by atoms with E-state index < -0.39 is 29.6 Å². The first-order valence-corrected chi connectivity index (χ1v) is 9.87. The van der Waals surface area contributed by atoms with Crippen molar-refractivity contribution in [2.45, 2.75) is 25.1 Å². The normalized spacial score (nSPS) is 16.6. The third-order valence-electron chi connectivity index (χ3n) is 5.04. The minimum atomic E-state index is -4.48. The third kappa shape index (κ3) is 4.84. The lowest BCUT2D eigenvalue weighted by Gasteiger charge is -2.33. The van der Waals surface area contributed by atoms with Gasteiger partial charge in [0.2, 0.25) is 5.88 Å². The monoisotopic (exact) mass is 446 g/mol. The summed E-state index contributed by atoms with van der Waals surface area (Å²) in [7, 11) is 0. The van der Waals surface area contributed by atoms with Crippen molar-refractivity contribution in [2.75, 3.05) is 13.1 Å². The Balaban J connectivity index is 1.50. The summed E-state index contributed by atoms with van der Waals surface area (Å²) >= 11 is 0. The van der Waals surface area contributed by atoms with Crippen LogP contribution in [0.3, 0.4) is 0 Å². The van der Waals surface area contributed by atoms with Crippen LogP contribution in [0.2, 0.25) is 0 Å². The highest BCUT2D eigenvalue weighted by Gasteiger charge is 2.31. The molecule has 4 rings (SSSR count). The second-order valence-electron chi connectivity index (χ2n) is 7.28. The van der Waals surface area contributed by atoms with Gasteiger partial charge in [-0.05, 0) is 43.2 Å². The molecule has 0 bridgehead atoms. The fourth-order valence-electron chi connectivity index (χ4n) is 3.50. The van der Waals surface area contributed by atoms with Crippen molar-refractivity contribution in [3.63, 3.8) is 0 Å². The number of carbonyl (C=O) groups is 1. The van der Waals surface area contributed by atoms with Crippen molar-refractivity contribution in [1.29, 1.82) is 0 Å². The van der Waals surface area contributed by atoms with Gasteiger partial charge in [0.05, 0.1) is 17.7 Å². The van der Waals surface area contributed by atoms with Crippen molar-refractivity contribution >= 4 is 5.91 Å². The molecule has 0 saturated carbocycles. The van der Waals surface area contributed by atoms with Crippen LogP contribution >= 0.6 is 0 Å². The SMILES string of the molecule is O=C(c1cc(F)ccc1-c1ncccn1)N1CCC[C@@H](Oc2ccc(C(F)(F)F)cn2)C1. The Kier molecular flexibility index (Phi) is 6.02. The molecule has 1 amide bonds. The number of ether oxygens (including phenoxy) is 1. The lowest BCUT2D eigenvalue weighted by atomic mass is 10.0. The maximum atomic E-state index is 13.9. The molecular formula is C22H18F4N4O2. The molecular weight excluding hydrogens is 428 g/mol. The maximum Gasteiger partial charge on any atom is 0.417 e. The lowest BCUT2D eigenvalue weighted by molar-refractivity contribution is -0.137. The summed E-state index contributed by atoms with van der Waals surface area (Å²) < 4.78 is 57.8. The fraction of sp³-hybridized carbons (Fsp3) is 0.273. The predicted octanol–water partition coefficient (Wildman–Crippen LogP) is 4.38. The lowest BCUT2D eigenvalue weighted by Crippen LogP contribution is -2.44. The van der Waals surface area contributed by atoms with E-state index in [9.17, 15) is 22.4 Å². The molecule has 166 valence electrons. The van der Waals surface area contributed by atoms with E-state index in [1.165, 1.54) is 29.4 Å². The largest absolute Gasteiger partial charge is 0.472 e. The maximum absolute atomic E-state index is 13.9. The number of pyridine rings is 1. The molecule has 32 heavy (non-hydrogen) atoms. The van der Waals surface area contributed by atoms with Gasteiger partial charge >= 0.3 is 6.18 Å². The number of carbonyl (C=O) groups excluding carboxylic acids is 1. The molecule has 6 nitrogen and oxygen atoms in total. The summed E-state index contributed by atoms with van der Waals surface area (Å²) in [6.45, 7) is 0.623. The summed E-state index contributed by atoms with van der Waals surface area (Å²) in [4.78, 5) is 26.7. The number of nitrogens with zero attached hydrogens (tertiary/aromatic N) is 4. The van der Waals surface area contributed by atoms with Gasteiger partial charge in [-0.25, -0.2) is 19.3 Å². The van der Waals surface area contributed by atoms with Gasteiger partial charge in [0.25, 0.3) is 5.91 Å². The molecule has 1 aromatic carbocycles. The Morgan fingerprint density at radius 2 is 1.88 bits per heavy atom. The van der Waals surface area contributed by atoms with Gasteiger partial charge in [-0.2, -0.15) is 13.2 Å². The minimum absolute atomic E-state index is 0.0430. The van der Waals surface area contributed by atoms with Gasteiger partial charge < -0.3 is 9.64 Å². The topological polar surface area (TPSA) is 68.2 Å². The molecule has 3 heterocycles. The molecule has 2 aromatic heterocycles. The number of benzene rings is 1. The Labute approximate surface area is 180 Å². The van der Waals surface area contributed by atoms with Crippen molar-refractivity contribution in [1.82, 2.24) is 19.9 Å². The van der Waals surface area contributed by atoms with Gasteiger partial charge in [0.1, 0.15) is 11.9 Å². The van der Waals surface area contributed by atoms with E-state index in [1.807, 2.05) is 0 Å².